The maximum Gasteiger partial charge on any atom is 0.348 e. The largest absolute Gasteiger partial charge is 0.348 e. The van der Waals surface area contributed by atoms with Crippen molar-refractivity contribution in [2.75, 3.05) is 30.7 Å². The van der Waals surface area contributed by atoms with Crippen LogP contribution in [0.3, 0.4) is 0 Å². The summed E-state index contributed by atoms with van der Waals surface area (Å²) in [5, 5.41) is 3.53. The minimum atomic E-state index is -0.222. The van der Waals surface area contributed by atoms with Crippen molar-refractivity contribution in [2.45, 2.75) is 58.0 Å². The van der Waals surface area contributed by atoms with Gasteiger partial charge in [0.2, 0.25) is 5.91 Å². The number of thioether (sulfide) groups is 1. The maximum absolute atomic E-state index is 12.8. The lowest BCUT2D eigenvalue weighted by atomic mass is 9.97. The van der Waals surface area contributed by atoms with Crippen molar-refractivity contribution >= 4 is 29.1 Å². The highest BCUT2D eigenvalue weighted by Gasteiger charge is 2.21. The van der Waals surface area contributed by atoms with Gasteiger partial charge in [0, 0.05) is 35.6 Å². The maximum atomic E-state index is 12.8. The molecule has 0 bridgehead atoms. The molecule has 0 saturated heterocycles. The molecule has 2 aromatic rings. The fraction of sp³-hybridized carbons (Fsp3) is 0.500. The lowest BCUT2D eigenvalue weighted by Crippen LogP contribution is -2.35. The Bertz CT molecular complexity index is 1010. The minimum absolute atomic E-state index is 0.0129. The number of amides is 1. The first kappa shape index (κ1) is 24.2. The number of rotatable bonds is 10. The van der Waals surface area contributed by atoms with Crippen molar-refractivity contribution in [3.63, 3.8) is 0 Å². The predicted octanol–water partition coefficient (Wildman–Crippen LogP) is 3.40. The number of nitrogens with zero attached hydrogens (tertiary/aromatic N) is 3. The van der Waals surface area contributed by atoms with E-state index >= 15 is 0 Å². The molecule has 1 heterocycles. The van der Waals surface area contributed by atoms with Crippen LogP contribution >= 0.6 is 11.8 Å². The van der Waals surface area contributed by atoms with Gasteiger partial charge in [-0.3, -0.25) is 14.2 Å². The van der Waals surface area contributed by atoms with E-state index in [1.54, 1.807) is 24.3 Å². The molecule has 0 atom stereocenters. The molecule has 0 spiro atoms. The van der Waals surface area contributed by atoms with Gasteiger partial charge in [-0.15, -0.1) is 0 Å². The van der Waals surface area contributed by atoms with Crippen molar-refractivity contribution in [3.05, 3.63) is 51.6 Å². The van der Waals surface area contributed by atoms with E-state index in [-0.39, 0.29) is 23.1 Å². The minimum Gasteiger partial charge on any atom is -0.325 e. The fourth-order valence-electron chi connectivity index (χ4n) is 4.00. The second-order valence-electron chi connectivity index (χ2n) is 7.98. The Balaban J connectivity index is 1.69. The Morgan fingerprint density at radius 3 is 2.47 bits per heavy atom. The van der Waals surface area contributed by atoms with Crippen LogP contribution in [-0.2, 0) is 24.2 Å². The van der Waals surface area contributed by atoms with Gasteiger partial charge in [0.05, 0.1) is 5.75 Å². The summed E-state index contributed by atoms with van der Waals surface area (Å²) in [5.41, 5.74) is 3.24. The number of benzene rings is 1. The van der Waals surface area contributed by atoms with E-state index in [2.05, 4.69) is 29.0 Å². The number of anilines is 1. The highest BCUT2D eigenvalue weighted by Crippen LogP contribution is 2.28. The topological polar surface area (TPSA) is 84.3 Å². The van der Waals surface area contributed by atoms with Crippen molar-refractivity contribution in [3.8, 4) is 0 Å². The average molecular weight is 457 g/mol. The van der Waals surface area contributed by atoms with E-state index in [0.29, 0.717) is 22.8 Å². The van der Waals surface area contributed by atoms with E-state index in [4.69, 9.17) is 0 Å². The highest BCUT2D eigenvalue weighted by molar-refractivity contribution is 8.00. The van der Waals surface area contributed by atoms with Gasteiger partial charge in [-0.2, -0.15) is 4.98 Å². The third-order valence-corrected chi connectivity index (χ3v) is 6.92. The molecule has 0 radical (unpaired) electrons. The Kier molecular flexibility index (Phi) is 8.64. The number of ketones is 1. The van der Waals surface area contributed by atoms with Crippen molar-refractivity contribution in [1.82, 2.24) is 14.5 Å². The van der Waals surface area contributed by atoms with Crippen LogP contribution in [0, 0.1) is 0 Å². The molecule has 7 nitrogen and oxygen atoms in total. The number of likely N-dealkylation sites (N-methyl/N-ethyl adjacent to an activating group) is 1. The summed E-state index contributed by atoms with van der Waals surface area (Å²) >= 11 is 1.33. The number of hydrogen-bond acceptors (Lipinski definition) is 6. The molecule has 8 heteroatoms. The third kappa shape index (κ3) is 6.07. The van der Waals surface area contributed by atoms with Crippen LogP contribution in [0.5, 0.6) is 0 Å². The number of nitrogens with one attached hydrogen (secondary N) is 1. The molecule has 32 heavy (non-hydrogen) atoms. The van der Waals surface area contributed by atoms with Crippen molar-refractivity contribution in [2.24, 2.45) is 0 Å². The predicted molar refractivity (Wildman–Crippen MR) is 129 cm³/mol. The molecule has 1 amide bonds. The van der Waals surface area contributed by atoms with Crippen LogP contribution in [0.25, 0.3) is 0 Å². The van der Waals surface area contributed by atoms with Gasteiger partial charge in [0.1, 0.15) is 5.03 Å². The summed E-state index contributed by atoms with van der Waals surface area (Å²) in [5.74, 6) is 0.000304. The van der Waals surface area contributed by atoms with Crippen molar-refractivity contribution < 1.29 is 9.59 Å². The first-order chi connectivity index (χ1) is 15.4. The van der Waals surface area contributed by atoms with E-state index in [1.165, 1.54) is 18.7 Å². The first-order valence-electron chi connectivity index (χ1n) is 11.3. The molecule has 0 saturated carbocycles. The lowest BCUT2D eigenvalue weighted by molar-refractivity contribution is -0.113. The number of carbonyl (C=O) groups excluding carboxylic acids is 2. The van der Waals surface area contributed by atoms with Gasteiger partial charge in [0.15, 0.2) is 5.78 Å². The van der Waals surface area contributed by atoms with Crippen LogP contribution in [0.1, 0.15) is 55.2 Å². The molecular weight excluding hydrogens is 424 g/mol. The van der Waals surface area contributed by atoms with Crippen LogP contribution in [0.15, 0.2) is 34.1 Å². The summed E-state index contributed by atoms with van der Waals surface area (Å²) < 4.78 is 1.84. The van der Waals surface area contributed by atoms with Gasteiger partial charge >= 0.3 is 5.69 Å². The summed E-state index contributed by atoms with van der Waals surface area (Å²) in [4.78, 5) is 43.3. The van der Waals surface area contributed by atoms with E-state index < -0.39 is 0 Å². The molecule has 1 aliphatic rings. The molecule has 1 aromatic heterocycles. The number of hydrogen-bond donors (Lipinski definition) is 1. The van der Waals surface area contributed by atoms with Crippen LogP contribution in [0.4, 0.5) is 5.69 Å². The molecule has 0 fully saturated rings. The number of carbonyl (C=O) groups is 2. The first-order valence-corrected chi connectivity index (χ1v) is 12.3. The molecule has 1 aliphatic carbocycles. The number of aromatic nitrogens is 2. The summed E-state index contributed by atoms with van der Waals surface area (Å²) in [6.07, 6.45) is 3.92. The van der Waals surface area contributed by atoms with Crippen LogP contribution < -0.4 is 11.0 Å². The lowest BCUT2D eigenvalue weighted by Gasteiger charge is -2.24. The zero-order valence-corrected chi connectivity index (χ0v) is 20.0. The van der Waals surface area contributed by atoms with Gasteiger partial charge in [-0.05, 0) is 70.0 Å². The van der Waals surface area contributed by atoms with E-state index in [1.807, 2.05) is 4.57 Å². The Morgan fingerprint density at radius 2 is 1.81 bits per heavy atom. The number of fused-ring (bicyclic) bond motifs is 1. The molecule has 172 valence electrons. The van der Waals surface area contributed by atoms with Crippen LogP contribution in [0.2, 0.25) is 0 Å². The van der Waals surface area contributed by atoms with E-state index in [0.717, 1.165) is 56.6 Å². The van der Waals surface area contributed by atoms with Gasteiger partial charge in [-0.25, -0.2) is 4.79 Å². The van der Waals surface area contributed by atoms with E-state index in [9.17, 15) is 14.4 Å². The standard InChI is InChI=1S/C24H32N4O3S/c1-4-27(5-2)14-15-28-21-9-7-6-8-20(21)23(26-24(28)31)32-16-22(30)25-19-12-10-18(11-13-19)17(3)29/h10-13H,4-9,14-16H2,1-3H3,(H,25,30). The molecule has 3 rings (SSSR count). The molecular formula is C24H32N4O3S. The highest BCUT2D eigenvalue weighted by atomic mass is 32.2. The third-order valence-electron chi connectivity index (χ3n) is 5.90. The van der Waals surface area contributed by atoms with Crippen molar-refractivity contribution in [1.29, 1.82) is 0 Å². The molecule has 0 aliphatic heterocycles. The summed E-state index contributed by atoms with van der Waals surface area (Å²) in [6, 6.07) is 6.83. The second kappa shape index (κ2) is 11.4. The summed E-state index contributed by atoms with van der Waals surface area (Å²) in [7, 11) is 0. The molecule has 0 unspecified atom stereocenters. The van der Waals surface area contributed by atoms with Crippen LogP contribution in [-0.4, -0.2) is 51.5 Å². The Labute approximate surface area is 193 Å². The molecule has 1 N–H and O–H groups in total. The summed E-state index contributed by atoms with van der Waals surface area (Å²) in [6.45, 7) is 9.17. The monoisotopic (exact) mass is 456 g/mol. The second-order valence-corrected chi connectivity index (χ2v) is 8.94. The van der Waals surface area contributed by atoms with Gasteiger partial charge < -0.3 is 10.2 Å². The Morgan fingerprint density at radius 1 is 1.12 bits per heavy atom. The van der Waals surface area contributed by atoms with Gasteiger partial charge in [0.25, 0.3) is 0 Å². The quantitative estimate of drug-likeness (QED) is 0.335. The smallest absolute Gasteiger partial charge is 0.325 e. The molecule has 1 aromatic carbocycles. The number of Topliss-reactive ketones (excluding diaryl/α,β-unsaturated/α-hetero) is 1. The average Bonchev–Trinajstić information content (AvgIpc) is 2.80. The zero-order chi connectivity index (χ0) is 23.1. The normalized spacial score (nSPS) is 13.1. The Hall–Kier alpha value is -2.45. The fourth-order valence-corrected chi connectivity index (χ4v) is 4.88. The van der Waals surface area contributed by atoms with Gasteiger partial charge in [-0.1, -0.05) is 25.6 Å². The SMILES string of the molecule is CCN(CC)CCn1c2c(c(SCC(=O)Nc3ccc(C(C)=O)cc3)nc1=O)CCCC2. The zero-order valence-electron chi connectivity index (χ0n) is 19.1.